The third kappa shape index (κ3) is 1.79. The molecule has 0 amide bonds. The van der Waals surface area contributed by atoms with E-state index in [-0.39, 0.29) is 28.8 Å². The monoisotopic (exact) mass is 194 g/mol. The van der Waals surface area contributed by atoms with E-state index >= 15 is 0 Å². The van der Waals surface area contributed by atoms with Crippen molar-refractivity contribution in [2.45, 2.75) is 13.8 Å². The SMILES string of the molecule is CC(C)C(=O)c1cc(N)c(O)c(N)c1. The number of nitrogen functional groups attached to an aromatic ring is 2. The van der Waals surface area contributed by atoms with E-state index in [1.807, 2.05) is 0 Å². The molecule has 1 rings (SSSR count). The zero-order valence-electron chi connectivity index (χ0n) is 8.24. The highest BCUT2D eigenvalue weighted by Gasteiger charge is 2.13. The molecule has 0 spiro atoms. The van der Waals surface area contributed by atoms with E-state index in [0.717, 1.165) is 0 Å². The Morgan fingerprint density at radius 1 is 1.29 bits per heavy atom. The number of hydrogen-bond donors (Lipinski definition) is 3. The molecule has 4 nitrogen and oxygen atoms in total. The molecule has 0 aliphatic carbocycles. The summed E-state index contributed by atoms with van der Waals surface area (Å²) in [4.78, 5) is 11.6. The first kappa shape index (κ1) is 10.4. The fraction of sp³-hybridized carbons (Fsp3) is 0.300. The van der Waals surface area contributed by atoms with Crippen LogP contribution in [0.15, 0.2) is 12.1 Å². The van der Waals surface area contributed by atoms with Crippen molar-refractivity contribution in [2.75, 3.05) is 11.5 Å². The molecule has 0 aliphatic heterocycles. The summed E-state index contributed by atoms with van der Waals surface area (Å²) in [5, 5.41) is 9.29. The molecule has 0 aliphatic rings. The number of benzene rings is 1. The lowest BCUT2D eigenvalue weighted by atomic mass is 10.00. The summed E-state index contributed by atoms with van der Waals surface area (Å²) < 4.78 is 0. The number of carbonyl (C=O) groups is 1. The number of rotatable bonds is 2. The Labute approximate surface area is 82.5 Å². The summed E-state index contributed by atoms with van der Waals surface area (Å²) in [6.45, 7) is 3.59. The van der Waals surface area contributed by atoms with Gasteiger partial charge < -0.3 is 16.6 Å². The molecule has 0 aromatic heterocycles. The van der Waals surface area contributed by atoms with Crippen molar-refractivity contribution in [1.82, 2.24) is 0 Å². The molecule has 0 saturated carbocycles. The molecule has 1 aromatic carbocycles. The Morgan fingerprint density at radius 3 is 2.07 bits per heavy atom. The molecule has 76 valence electrons. The van der Waals surface area contributed by atoms with Gasteiger partial charge in [-0.3, -0.25) is 4.79 Å². The second-order valence-electron chi connectivity index (χ2n) is 3.52. The van der Waals surface area contributed by atoms with Crippen LogP contribution in [0.25, 0.3) is 0 Å². The van der Waals surface area contributed by atoms with E-state index in [1.54, 1.807) is 13.8 Å². The van der Waals surface area contributed by atoms with E-state index in [4.69, 9.17) is 11.5 Å². The zero-order chi connectivity index (χ0) is 10.9. The van der Waals surface area contributed by atoms with Crippen LogP contribution >= 0.6 is 0 Å². The van der Waals surface area contributed by atoms with E-state index in [0.29, 0.717) is 5.56 Å². The maximum atomic E-state index is 11.6. The molecule has 0 unspecified atom stereocenters. The third-order valence-corrected chi connectivity index (χ3v) is 1.98. The highest BCUT2D eigenvalue weighted by atomic mass is 16.3. The molecule has 0 saturated heterocycles. The lowest BCUT2D eigenvalue weighted by molar-refractivity contribution is 0.0939. The lowest BCUT2D eigenvalue weighted by Gasteiger charge is -2.08. The number of carbonyl (C=O) groups excluding carboxylic acids is 1. The van der Waals surface area contributed by atoms with Crippen LogP contribution < -0.4 is 11.5 Å². The van der Waals surface area contributed by atoms with Crippen LogP contribution in [0.5, 0.6) is 5.75 Å². The normalized spacial score (nSPS) is 10.5. The Kier molecular flexibility index (Phi) is 2.65. The molecule has 14 heavy (non-hydrogen) atoms. The van der Waals surface area contributed by atoms with E-state index in [9.17, 15) is 9.90 Å². The van der Waals surface area contributed by atoms with Crippen LogP contribution in [-0.2, 0) is 0 Å². The summed E-state index contributed by atoms with van der Waals surface area (Å²) in [5.41, 5.74) is 11.7. The van der Waals surface area contributed by atoms with Crippen molar-refractivity contribution in [3.8, 4) is 5.75 Å². The standard InChI is InChI=1S/C10H14N2O2/c1-5(2)9(13)6-3-7(11)10(14)8(12)4-6/h3-5,14H,11-12H2,1-2H3. The molecule has 0 radical (unpaired) electrons. The highest BCUT2D eigenvalue weighted by molar-refractivity contribution is 5.99. The van der Waals surface area contributed by atoms with Crippen LogP contribution in [0, 0.1) is 5.92 Å². The summed E-state index contributed by atoms with van der Waals surface area (Å²) >= 11 is 0. The first-order valence-corrected chi connectivity index (χ1v) is 4.35. The predicted molar refractivity (Wildman–Crippen MR) is 56.1 cm³/mol. The first-order valence-electron chi connectivity index (χ1n) is 4.35. The minimum absolute atomic E-state index is 0.0385. The fourth-order valence-corrected chi connectivity index (χ4v) is 1.16. The number of anilines is 2. The third-order valence-electron chi connectivity index (χ3n) is 1.98. The topological polar surface area (TPSA) is 89.3 Å². The van der Waals surface area contributed by atoms with Crippen LogP contribution in [0.4, 0.5) is 11.4 Å². The number of Topliss-reactive ketones (excluding diaryl/α,β-unsaturated/α-hetero) is 1. The molecular weight excluding hydrogens is 180 g/mol. The van der Waals surface area contributed by atoms with Gasteiger partial charge in [-0.1, -0.05) is 13.8 Å². The van der Waals surface area contributed by atoms with Gasteiger partial charge in [0.2, 0.25) is 0 Å². The van der Waals surface area contributed by atoms with E-state index in [2.05, 4.69) is 0 Å². The first-order chi connectivity index (χ1) is 6.43. The van der Waals surface area contributed by atoms with Gasteiger partial charge in [0.1, 0.15) is 0 Å². The quantitative estimate of drug-likeness (QED) is 0.377. The molecule has 5 N–H and O–H groups in total. The Bertz CT molecular complexity index is 349. The molecule has 0 fully saturated rings. The van der Waals surface area contributed by atoms with Crippen LogP contribution in [0.3, 0.4) is 0 Å². The Morgan fingerprint density at radius 2 is 1.71 bits per heavy atom. The zero-order valence-corrected chi connectivity index (χ0v) is 8.24. The van der Waals surface area contributed by atoms with Gasteiger partial charge in [-0.05, 0) is 12.1 Å². The summed E-state index contributed by atoms with van der Waals surface area (Å²) in [6, 6.07) is 2.88. The molecule has 4 heteroatoms. The minimum atomic E-state index is -0.162. The van der Waals surface area contributed by atoms with Gasteiger partial charge in [0.25, 0.3) is 0 Å². The van der Waals surface area contributed by atoms with E-state index in [1.165, 1.54) is 12.1 Å². The number of phenolic OH excluding ortho intramolecular Hbond substituents is 1. The average Bonchev–Trinajstić information content (AvgIpc) is 2.12. The van der Waals surface area contributed by atoms with Gasteiger partial charge in [0.05, 0.1) is 11.4 Å². The molecule has 0 bridgehead atoms. The van der Waals surface area contributed by atoms with Crippen molar-refractivity contribution in [1.29, 1.82) is 0 Å². The van der Waals surface area contributed by atoms with Crippen LogP contribution in [-0.4, -0.2) is 10.9 Å². The van der Waals surface area contributed by atoms with Crippen molar-refractivity contribution in [3.05, 3.63) is 17.7 Å². The van der Waals surface area contributed by atoms with Crippen molar-refractivity contribution in [3.63, 3.8) is 0 Å². The molecular formula is C10H14N2O2. The molecule has 1 aromatic rings. The molecule has 0 heterocycles. The number of hydrogen-bond acceptors (Lipinski definition) is 4. The summed E-state index contributed by atoms with van der Waals surface area (Å²) in [6.07, 6.45) is 0. The smallest absolute Gasteiger partial charge is 0.165 e. The Hall–Kier alpha value is -1.71. The van der Waals surface area contributed by atoms with Gasteiger partial charge in [-0.2, -0.15) is 0 Å². The Balaban J connectivity index is 3.19. The summed E-state index contributed by atoms with van der Waals surface area (Å²) in [7, 11) is 0. The maximum absolute atomic E-state index is 11.6. The van der Waals surface area contributed by atoms with Crippen LogP contribution in [0.1, 0.15) is 24.2 Å². The number of nitrogens with two attached hydrogens (primary N) is 2. The largest absolute Gasteiger partial charge is 0.504 e. The van der Waals surface area contributed by atoms with Gasteiger partial charge in [0.15, 0.2) is 11.5 Å². The van der Waals surface area contributed by atoms with Gasteiger partial charge in [-0.15, -0.1) is 0 Å². The molecule has 0 atom stereocenters. The lowest BCUT2D eigenvalue weighted by Crippen LogP contribution is -2.08. The number of aromatic hydroxyl groups is 1. The van der Waals surface area contributed by atoms with Crippen molar-refractivity contribution in [2.24, 2.45) is 5.92 Å². The highest BCUT2D eigenvalue weighted by Crippen LogP contribution is 2.29. The van der Waals surface area contributed by atoms with Gasteiger partial charge in [0, 0.05) is 11.5 Å². The average molecular weight is 194 g/mol. The van der Waals surface area contributed by atoms with Gasteiger partial charge >= 0.3 is 0 Å². The minimum Gasteiger partial charge on any atom is -0.504 e. The van der Waals surface area contributed by atoms with Gasteiger partial charge in [-0.25, -0.2) is 0 Å². The number of phenols is 1. The maximum Gasteiger partial charge on any atom is 0.165 e. The summed E-state index contributed by atoms with van der Waals surface area (Å²) in [5.74, 6) is -0.313. The van der Waals surface area contributed by atoms with Crippen molar-refractivity contribution >= 4 is 17.2 Å². The predicted octanol–water partition coefficient (Wildman–Crippen LogP) is 1.40. The second-order valence-corrected chi connectivity index (χ2v) is 3.52. The van der Waals surface area contributed by atoms with Crippen molar-refractivity contribution < 1.29 is 9.90 Å². The number of ketones is 1. The fourth-order valence-electron chi connectivity index (χ4n) is 1.16. The van der Waals surface area contributed by atoms with Crippen LogP contribution in [0.2, 0.25) is 0 Å². The van der Waals surface area contributed by atoms with E-state index < -0.39 is 0 Å². The second kappa shape index (κ2) is 3.57.